The van der Waals surface area contributed by atoms with Gasteiger partial charge in [0.15, 0.2) is 5.78 Å². The van der Waals surface area contributed by atoms with Crippen molar-refractivity contribution in [2.75, 3.05) is 13.1 Å². The van der Waals surface area contributed by atoms with Gasteiger partial charge in [0.05, 0.1) is 12.4 Å². The number of ketones is 1. The molecule has 0 radical (unpaired) electrons. The first kappa shape index (κ1) is 17.1. The largest absolute Gasteiger partial charge is 0.350 e. The van der Waals surface area contributed by atoms with Gasteiger partial charge in [-0.25, -0.2) is 4.39 Å². The third kappa shape index (κ3) is 4.43. The Balaban J connectivity index is 1.76. The maximum atomic E-state index is 13.1. The average molecular weight is 330 g/mol. The Hall–Kier alpha value is -1.71. The lowest BCUT2D eigenvalue weighted by Gasteiger charge is -2.36. The van der Waals surface area contributed by atoms with E-state index < -0.39 is 0 Å². The van der Waals surface area contributed by atoms with Gasteiger partial charge in [-0.1, -0.05) is 25.7 Å². The number of aliphatic imine (C=N–C) groups is 1. The molecule has 3 rings (SSSR count). The summed E-state index contributed by atoms with van der Waals surface area (Å²) < 4.78 is 13.1. The molecule has 2 aliphatic rings. The molecule has 1 aliphatic heterocycles. The summed E-state index contributed by atoms with van der Waals surface area (Å²) in [5.41, 5.74) is 0.589. The summed E-state index contributed by atoms with van der Waals surface area (Å²) in [5, 5.41) is 0. The molecule has 4 heteroatoms. The maximum absolute atomic E-state index is 13.1. The van der Waals surface area contributed by atoms with E-state index in [0.29, 0.717) is 18.2 Å². The zero-order valence-electron chi connectivity index (χ0n) is 14.3. The van der Waals surface area contributed by atoms with Crippen molar-refractivity contribution in [1.29, 1.82) is 0 Å². The Labute approximate surface area is 144 Å². The van der Waals surface area contributed by atoms with Gasteiger partial charge in [-0.3, -0.25) is 9.79 Å². The molecule has 1 aromatic rings. The summed E-state index contributed by atoms with van der Waals surface area (Å²) >= 11 is 0. The van der Waals surface area contributed by atoms with E-state index in [9.17, 15) is 9.18 Å². The fraction of sp³-hybridized carbons (Fsp3) is 0.600. The Morgan fingerprint density at radius 3 is 2.50 bits per heavy atom. The van der Waals surface area contributed by atoms with Crippen LogP contribution in [0.3, 0.4) is 0 Å². The fourth-order valence-electron chi connectivity index (χ4n) is 3.80. The molecule has 1 aliphatic carbocycles. The molecule has 1 heterocycles. The Bertz CT molecular complexity index is 576. The fourth-order valence-corrected chi connectivity index (χ4v) is 3.80. The molecular formula is C20H27FN2O. The minimum atomic E-state index is -0.302. The molecule has 0 aromatic heterocycles. The second-order valence-corrected chi connectivity index (χ2v) is 6.96. The number of benzene rings is 1. The number of Topliss-reactive ketones (excluding diaryl/α,β-unsaturated/α-hetero) is 1. The number of nitrogens with zero attached hydrogens (tertiary/aromatic N) is 2. The van der Waals surface area contributed by atoms with Crippen LogP contribution in [0.5, 0.6) is 0 Å². The molecule has 0 amide bonds. The highest BCUT2D eigenvalue weighted by atomic mass is 19.1. The highest BCUT2D eigenvalue weighted by Gasteiger charge is 2.26. The smallest absolute Gasteiger partial charge is 0.182 e. The van der Waals surface area contributed by atoms with E-state index in [2.05, 4.69) is 4.90 Å². The number of halogens is 1. The molecule has 1 fully saturated rings. The van der Waals surface area contributed by atoms with E-state index in [1.54, 1.807) is 12.1 Å². The maximum Gasteiger partial charge on any atom is 0.182 e. The molecule has 24 heavy (non-hydrogen) atoms. The van der Waals surface area contributed by atoms with Gasteiger partial charge in [-0.15, -0.1) is 0 Å². The molecule has 0 bridgehead atoms. The van der Waals surface area contributed by atoms with E-state index in [1.165, 1.54) is 37.8 Å². The van der Waals surface area contributed by atoms with E-state index in [-0.39, 0.29) is 11.6 Å². The van der Waals surface area contributed by atoms with Crippen LogP contribution in [0.15, 0.2) is 29.3 Å². The molecule has 0 N–H and O–H groups in total. The monoisotopic (exact) mass is 330 g/mol. The summed E-state index contributed by atoms with van der Waals surface area (Å²) in [6, 6.07) is 6.33. The van der Waals surface area contributed by atoms with Crippen LogP contribution >= 0.6 is 0 Å². The van der Waals surface area contributed by atoms with E-state index in [0.717, 1.165) is 44.5 Å². The van der Waals surface area contributed by atoms with E-state index >= 15 is 0 Å². The van der Waals surface area contributed by atoms with Gasteiger partial charge < -0.3 is 4.90 Å². The van der Waals surface area contributed by atoms with Crippen LogP contribution in [0.25, 0.3) is 0 Å². The zero-order valence-corrected chi connectivity index (χ0v) is 14.3. The molecular weight excluding hydrogens is 303 g/mol. The van der Waals surface area contributed by atoms with Crippen molar-refractivity contribution in [3.63, 3.8) is 0 Å². The number of carbonyl (C=O) groups is 1. The highest BCUT2D eigenvalue weighted by Crippen LogP contribution is 2.25. The first-order valence-corrected chi connectivity index (χ1v) is 9.33. The lowest BCUT2D eigenvalue weighted by Crippen LogP contribution is -2.44. The average Bonchev–Trinajstić information content (AvgIpc) is 2.90. The standard InChI is InChI=1S/C20H27FN2O/c21-17-12-10-16(11-13-17)19(24)15-23(18-7-3-1-4-8-18)20-9-5-2-6-14-22-20/h10-13,18H,1-9,14-15H2. The number of rotatable bonds is 4. The van der Waals surface area contributed by atoms with Gasteiger partial charge in [0.25, 0.3) is 0 Å². The number of hydrogen-bond acceptors (Lipinski definition) is 3. The van der Waals surface area contributed by atoms with Crippen LogP contribution in [0, 0.1) is 5.82 Å². The molecule has 130 valence electrons. The highest BCUT2D eigenvalue weighted by molar-refractivity contribution is 6.00. The first-order chi connectivity index (χ1) is 11.7. The summed E-state index contributed by atoms with van der Waals surface area (Å²) in [7, 11) is 0. The van der Waals surface area contributed by atoms with Crippen molar-refractivity contribution in [2.24, 2.45) is 4.99 Å². The summed E-state index contributed by atoms with van der Waals surface area (Å²) in [5.74, 6) is 0.881. The second-order valence-electron chi connectivity index (χ2n) is 6.96. The number of carbonyl (C=O) groups excluding carboxylic acids is 1. The SMILES string of the molecule is O=C(CN(C1=NCCCCC1)C1CCCCC1)c1ccc(F)cc1. The molecule has 0 saturated heterocycles. The predicted molar refractivity (Wildman–Crippen MR) is 95.1 cm³/mol. The molecule has 1 saturated carbocycles. The van der Waals surface area contributed by atoms with E-state index in [4.69, 9.17) is 4.99 Å². The topological polar surface area (TPSA) is 32.7 Å². The van der Waals surface area contributed by atoms with Crippen LogP contribution < -0.4 is 0 Å². The molecule has 1 aromatic carbocycles. The van der Waals surface area contributed by atoms with Crippen LogP contribution in [-0.4, -0.2) is 35.7 Å². The van der Waals surface area contributed by atoms with Gasteiger partial charge in [-0.2, -0.15) is 0 Å². The Morgan fingerprint density at radius 2 is 1.75 bits per heavy atom. The zero-order chi connectivity index (χ0) is 16.8. The lowest BCUT2D eigenvalue weighted by atomic mass is 9.93. The minimum absolute atomic E-state index is 0.0625. The van der Waals surface area contributed by atoms with Crippen molar-refractivity contribution in [2.45, 2.75) is 63.8 Å². The third-order valence-electron chi connectivity index (χ3n) is 5.18. The lowest BCUT2D eigenvalue weighted by molar-refractivity contribution is 0.0934. The van der Waals surface area contributed by atoms with Crippen molar-refractivity contribution in [3.05, 3.63) is 35.6 Å². The molecule has 0 unspecified atom stereocenters. The second kappa shape index (κ2) is 8.41. The minimum Gasteiger partial charge on any atom is -0.350 e. The van der Waals surface area contributed by atoms with Gasteiger partial charge in [0.1, 0.15) is 5.82 Å². The van der Waals surface area contributed by atoms with E-state index in [1.807, 2.05) is 0 Å². The van der Waals surface area contributed by atoms with Crippen molar-refractivity contribution < 1.29 is 9.18 Å². The van der Waals surface area contributed by atoms with Gasteiger partial charge >= 0.3 is 0 Å². The quantitative estimate of drug-likeness (QED) is 0.755. The summed E-state index contributed by atoms with van der Waals surface area (Å²) in [4.78, 5) is 19.8. The van der Waals surface area contributed by atoms with Crippen LogP contribution in [-0.2, 0) is 0 Å². The van der Waals surface area contributed by atoms with Crippen LogP contribution in [0.1, 0.15) is 68.1 Å². The van der Waals surface area contributed by atoms with Crippen molar-refractivity contribution >= 4 is 11.6 Å². The Morgan fingerprint density at radius 1 is 1.04 bits per heavy atom. The van der Waals surface area contributed by atoms with Gasteiger partial charge in [0, 0.05) is 24.6 Å². The number of hydrogen-bond donors (Lipinski definition) is 0. The summed E-state index contributed by atoms with van der Waals surface area (Å²) in [6.07, 6.45) is 10.6. The van der Waals surface area contributed by atoms with Crippen molar-refractivity contribution in [3.8, 4) is 0 Å². The third-order valence-corrected chi connectivity index (χ3v) is 5.18. The van der Waals surface area contributed by atoms with Gasteiger partial charge in [-0.05, 0) is 49.9 Å². The molecule has 0 atom stereocenters. The predicted octanol–water partition coefficient (Wildman–Crippen LogP) is 4.62. The first-order valence-electron chi connectivity index (χ1n) is 9.33. The van der Waals surface area contributed by atoms with Crippen LogP contribution in [0.2, 0.25) is 0 Å². The van der Waals surface area contributed by atoms with Crippen LogP contribution in [0.4, 0.5) is 4.39 Å². The molecule has 0 spiro atoms. The Kier molecular flexibility index (Phi) is 6.00. The van der Waals surface area contributed by atoms with Crippen molar-refractivity contribution in [1.82, 2.24) is 4.90 Å². The summed E-state index contributed by atoms with van der Waals surface area (Å²) in [6.45, 7) is 1.25. The number of amidine groups is 1. The molecule has 3 nitrogen and oxygen atoms in total. The van der Waals surface area contributed by atoms with Gasteiger partial charge in [0.2, 0.25) is 0 Å². The normalized spacial score (nSPS) is 19.5.